The van der Waals surface area contributed by atoms with E-state index in [1.807, 2.05) is 0 Å². The quantitative estimate of drug-likeness (QED) is 0.659. The van der Waals surface area contributed by atoms with Crippen molar-refractivity contribution in [2.45, 2.75) is 4.90 Å². The molecule has 5 heteroatoms. The molecular formula is C9H6NO3S-. The second kappa shape index (κ2) is 3.04. The zero-order chi connectivity index (χ0) is 10.2. The summed E-state index contributed by atoms with van der Waals surface area (Å²) >= 11 is 0. The molecule has 0 atom stereocenters. The minimum absolute atomic E-state index is 0.224. The molecule has 0 saturated carbocycles. The van der Waals surface area contributed by atoms with Crippen LogP contribution in [-0.2, 0) is 10.1 Å². The van der Waals surface area contributed by atoms with Crippen LogP contribution in [0.25, 0.3) is 10.9 Å². The summed E-state index contributed by atoms with van der Waals surface area (Å²) in [6.45, 7) is 0. The average molecular weight is 208 g/mol. The van der Waals surface area contributed by atoms with Crippen molar-refractivity contribution < 1.29 is 13.0 Å². The van der Waals surface area contributed by atoms with Gasteiger partial charge in [-0.1, -0.05) is 6.07 Å². The third kappa shape index (κ3) is 1.59. The van der Waals surface area contributed by atoms with Crippen molar-refractivity contribution in [1.82, 2.24) is 4.98 Å². The van der Waals surface area contributed by atoms with Crippen molar-refractivity contribution in [1.29, 1.82) is 0 Å². The zero-order valence-corrected chi connectivity index (χ0v) is 7.86. The fourth-order valence-corrected chi connectivity index (χ4v) is 1.72. The molecule has 2 rings (SSSR count). The van der Waals surface area contributed by atoms with Crippen molar-refractivity contribution in [3.63, 3.8) is 0 Å². The lowest BCUT2D eigenvalue weighted by Gasteiger charge is -2.07. The first-order chi connectivity index (χ1) is 6.57. The van der Waals surface area contributed by atoms with Crippen molar-refractivity contribution >= 4 is 21.0 Å². The molecule has 0 fully saturated rings. The van der Waals surface area contributed by atoms with Crippen LogP contribution >= 0.6 is 0 Å². The Kier molecular flexibility index (Phi) is 1.98. The maximum Gasteiger partial charge on any atom is 0.124 e. The molecule has 0 radical (unpaired) electrons. The molecule has 0 bridgehead atoms. The molecule has 14 heavy (non-hydrogen) atoms. The number of pyridine rings is 1. The van der Waals surface area contributed by atoms with Gasteiger partial charge in [0.05, 0.1) is 10.4 Å². The number of benzene rings is 1. The van der Waals surface area contributed by atoms with Crippen molar-refractivity contribution in [2.75, 3.05) is 0 Å². The fraction of sp³-hybridized carbons (Fsp3) is 0. The van der Waals surface area contributed by atoms with Gasteiger partial charge >= 0.3 is 0 Å². The normalized spacial score (nSPS) is 11.8. The third-order valence-corrected chi connectivity index (χ3v) is 2.69. The van der Waals surface area contributed by atoms with Crippen LogP contribution < -0.4 is 0 Å². The van der Waals surface area contributed by atoms with Crippen LogP contribution in [0.15, 0.2) is 41.4 Å². The molecule has 0 unspecified atom stereocenters. The lowest BCUT2D eigenvalue weighted by Crippen LogP contribution is -1.98. The van der Waals surface area contributed by atoms with Gasteiger partial charge in [-0.25, -0.2) is 8.42 Å². The Hall–Kier alpha value is -1.46. The molecule has 1 aromatic carbocycles. The first kappa shape index (κ1) is 9.11. The number of nitrogens with zero attached hydrogens (tertiary/aromatic N) is 1. The standard InChI is InChI=1S/C9H7NO3S/c11-14(12,13)8-3-4-9-7(6-8)2-1-5-10-9/h1-6H,(H,11,12,13)/p-1. The van der Waals surface area contributed by atoms with Crippen molar-refractivity contribution in [3.05, 3.63) is 36.5 Å². The topological polar surface area (TPSA) is 70.1 Å². The summed E-state index contributed by atoms with van der Waals surface area (Å²) in [7, 11) is -4.37. The molecule has 0 aliphatic rings. The van der Waals surface area contributed by atoms with Crippen LogP contribution in [0.2, 0.25) is 0 Å². The van der Waals surface area contributed by atoms with Crippen LogP contribution in [0.3, 0.4) is 0 Å². The van der Waals surface area contributed by atoms with E-state index in [0.717, 1.165) is 0 Å². The Morgan fingerprint density at radius 2 is 2.00 bits per heavy atom. The number of fused-ring (bicyclic) bond motifs is 1. The van der Waals surface area contributed by atoms with Gasteiger partial charge in [0.15, 0.2) is 0 Å². The van der Waals surface area contributed by atoms with Gasteiger partial charge in [0.1, 0.15) is 10.1 Å². The third-order valence-electron chi connectivity index (χ3n) is 1.86. The molecule has 2 aromatic rings. The number of hydrogen-bond acceptors (Lipinski definition) is 4. The Morgan fingerprint density at radius 3 is 2.71 bits per heavy atom. The highest BCUT2D eigenvalue weighted by Crippen LogP contribution is 2.16. The average Bonchev–Trinajstić information content (AvgIpc) is 2.16. The molecule has 0 aliphatic carbocycles. The fourth-order valence-electron chi connectivity index (χ4n) is 1.21. The minimum Gasteiger partial charge on any atom is -0.744 e. The van der Waals surface area contributed by atoms with E-state index >= 15 is 0 Å². The molecule has 72 valence electrons. The number of rotatable bonds is 1. The van der Waals surface area contributed by atoms with Gasteiger partial charge in [-0.15, -0.1) is 0 Å². The Morgan fingerprint density at radius 1 is 1.21 bits per heavy atom. The predicted molar refractivity (Wildman–Crippen MR) is 49.7 cm³/mol. The highest BCUT2D eigenvalue weighted by atomic mass is 32.2. The Bertz CT molecular complexity index is 577. The van der Waals surface area contributed by atoms with Gasteiger partial charge in [-0.3, -0.25) is 4.98 Å². The van der Waals surface area contributed by atoms with Crippen LogP contribution in [0.5, 0.6) is 0 Å². The van der Waals surface area contributed by atoms with Crippen LogP contribution in [0.4, 0.5) is 0 Å². The van der Waals surface area contributed by atoms with Gasteiger partial charge in [0.25, 0.3) is 0 Å². The largest absolute Gasteiger partial charge is 0.744 e. The number of aromatic nitrogens is 1. The van der Waals surface area contributed by atoms with E-state index in [2.05, 4.69) is 4.98 Å². The van der Waals surface area contributed by atoms with Crippen LogP contribution in [-0.4, -0.2) is 18.0 Å². The Labute approximate surface area is 81.0 Å². The summed E-state index contributed by atoms with van der Waals surface area (Å²) in [6.07, 6.45) is 1.60. The first-order valence-electron chi connectivity index (χ1n) is 3.88. The lowest BCUT2D eigenvalue weighted by molar-refractivity contribution is 0.463. The molecule has 0 N–H and O–H groups in total. The van der Waals surface area contributed by atoms with E-state index in [9.17, 15) is 13.0 Å². The molecule has 0 aliphatic heterocycles. The summed E-state index contributed by atoms with van der Waals surface area (Å²) in [5, 5.41) is 0.643. The maximum atomic E-state index is 10.7. The van der Waals surface area contributed by atoms with Crippen LogP contribution in [0.1, 0.15) is 0 Å². The summed E-state index contributed by atoms with van der Waals surface area (Å²) < 4.78 is 32.1. The van der Waals surface area contributed by atoms with Gasteiger partial charge in [0, 0.05) is 11.6 Å². The second-order valence-corrected chi connectivity index (χ2v) is 4.19. The monoisotopic (exact) mass is 208 g/mol. The zero-order valence-electron chi connectivity index (χ0n) is 7.04. The molecular weight excluding hydrogens is 202 g/mol. The summed E-state index contributed by atoms with van der Waals surface area (Å²) in [5.74, 6) is 0. The van der Waals surface area contributed by atoms with Crippen LogP contribution in [0, 0.1) is 0 Å². The van der Waals surface area contributed by atoms with E-state index < -0.39 is 10.1 Å². The second-order valence-electron chi connectivity index (χ2n) is 2.81. The molecule has 0 saturated heterocycles. The van der Waals surface area contributed by atoms with E-state index in [-0.39, 0.29) is 4.90 Å². The lowest BCUT2D eigenvalue weighted by atomic mass is 10.2. The summed E-state index contributed by atoms with van der Waals surface area (Å²) in [5.41, 5.74) is 0.667. The van der Waals surface area contributed by atoms with Crippen molar-refractivity contribution in [2.24, 2.45) is 0 Å². The summed E-state index contributed by atoms with van der Waals surface area (Å²) in [6, 6.07) is 7.49. The molecule has 1 heterocycles. The van der Waals surface area contributed by atoms with E-state index in [1.54, 1.807) is 18.3 Å². The summed E-state index contributed by atoms with van der Waals surface area (Å²) in [4.78, 5) is 3.78. The minimum atomic E-state index is -4.37. The number of hydrogen-bond donors (Lipinski definition) is 0. The van der Waals surface area contributed by atoms with E-state index in [1.165, 1.54) is 18.2 Å². The SMILES string of the molecule is O=S(=O)([O-])c1ccc2ncccc2c1. The van der Waals surface area contributed by atoms with Gasteiger partial charge in [-0.05, 0) is 24.3 Å². The van der Waals surface area contributed by atoms with E-state index in [0.29, 0.717) is 10.9 Å². The first-order valence-corrected chi connectivity index (χ1v) is 5.29. The van der Waals surface area contributed by atoms with Gasteiger partial charge in [0.2, 0.25) is 0 Å². The highest BCUT2D eigenvalue weighted by molar-refractivity contribution is 7.85. The molecule has 0 spiro atoms. The molecule has 0 amide bonds. The maximum absolute atomic E-state index is 10.7. The predicted octanol–water partition coefficient (Wildman–Crippen LogP) is 1.14. The molecule has 4 nitrogen and oxygen atoms in total. The van der Waals surface area contributed by atoms with E-state index in [4.69, 9.17) is 0 Å². The van der Waals surface area contributed by atoms with Gasteiger partial charge < -0.3 is 4.55 Å². The molecule has 1 aromatic heterocycles. The highest BCUT2D eigenvalue weighted by Gasteiger charge is 2.01. The van der Waals surface area contributed by atoms with Gasteiger partial charge in [-0.2, -0.15) is 0 Å². The Balaban J connectivity index is 2.75. The van der Waals surface area contributed by atoms with Crippen molar-refractivity contribution in [3.8, 4) is 0 Å². The smallest absolute Gasteiger partial charge is 0.124 e.